The van der Waals surface area contributed by atoms with Gasteiger partial charge in [0.25, 0.3) is 0 Å². The number of nitrogen functional groups attached to an aromatic ring is 1. The molecular formula is C18H25N3O4. The highest BCUT2D eigenvalue weighted by atomic mass is 16.6. The molecule has 7 heteroatoms. The van der Waals surface area contributed by atoms with Crippen molar-refractivity contribution in [3.63, 3.8) is 0 Å². The SMILES string of the molecule is Cc1c(C(=O)O)ccc(N)c1C=NCC1CN(C(=O)OC(C)(C)C)C1. The highest BCUT2D eigenvalue weighted by Gasteiger charge is 2.33. The molecule has 0 aliphatic carbocycles. The first-order valence-electron chi connectivity index (χ1n) is 8.18. The molecule has 0 saturated carbocycles. The van der Waals surface area contributed by atoms with Crippen molar-refractivity contribution < 1.29 is 19.4 Å². The molecule has 1 aliphatic rings. The molecule has 1 fully saturated rings. The van der Waals surface area contributed by atoms with Crippen molar-refractivity contribution in [1.29, 1.82) is 0 Å². The maximum Gasteiger partial charge on any atom is 0.410 e. The van der Waals surface area contributed by atoms with Gasteiger partial charge in [0.15, 0.2) is 0 Å². The lowest BCUT2D eigenvalue weighted by atomic mass is 10.00. The second kappa shape index (κ2) is 7.13. The van der Waals surface area contributed by atoms with Crippen LogP contribution in [-0.4, -0.2) is 53.5 Å². The van der Waals surface area contributed by atoms with E-state index in [2.05, 4.69) is 4.99 Å². The van der Waals surface area contributed by atoms with Crippen molar-refractivity contribution in [3.8, 4) is 0 Å². The van der Waals surface area contributed by atoms with E-state index in [1.165, 1.54) is 6.07 Å². The first-order valence-corrected chi connectivity index (χ1v) is 8.18. The number of carboxylic acid groups (broad SMARTS) is 1. The highest BCUT2D eigenvalue weighted by molar-refractivity contribution is 5.97. The summed E-state index contributed by atoms with van der Waals surface area (Å²) in [5, 5.41) is 9.17. The number of nitrogens with two attached hydrogens (primary N) is 1. The van der Waals surface area contributed by atoms with E-state index < -0.39 is 11.6 Å². The van der Waals surface area contributed by atoms with Crippen LogP contribution in [0.1, 0.15) is 42.3 Å². The number of aliphatic imine (C=N–C) groups is 1. The molecule has 0 radical (unpaired) electrons. The highest BCUT2D eigenvalue weighted by Crippen LogP contribution is 2.21. The normalized spacial score (nSPS) is 15.3. The van der Waals surface area contributed by atoms with Crippen LogP contribution in [0.15, 0.2) is 17.1 Å². The van der Waals surface area contributed by atoms with Gasteiger partial charge in [-0.2, -0.15) is 0 Å². The number of benzene rings is 1. The molecule has 25 heavy (non-hydrogen) atoms. The van der Waals surface area contributed by atoms with Crippen molar-refractivity contribution in [1.82, 2.24) is 4.90 Å². The smallest absolute Gasteiger partial charge is 0.410 e. The number of anilines is 1. The van der Waals surface area contributed by atoms with Gasteiger partial charge in [0, 0.05) is 43.0 Å². The zero-order chi connectivity index (χ0) is 18.8. The molecule has 7 nitrogen and oxygen atoms in total. The standard InChI is InChI=1S/C18H25N3O4/c1-11-13(16(22)23)5-6-15(19)14(11)8-20-7-12-9-21(10-12)17(24)25-18(2,3)4/h5-6,8,12H,7,9-10,19H2,1-4H3,(H,22,23). The number of rotatable bonds is 4. The number of carboxylic acids is 1. The van der Waals surface area contributed by atoms with Gasteiger partial charge < -0.3 is 20.5 Å². The van der Waals surface area contributed by atoms with Gasteiger partial charge in [-0.1, -0.05) is 0 Å². The molecule has 1 aromatic rings. The average molecular weight is 347 g/mol. The third-order valence-electron chi connectivity index (χ3n) is 3.97. The molecular weight excluding hydrogens is 322 g/mol. The van der Waals surface area contributed by atoms with E-state index in [4.69, 9.17) is 15.6 Å². The van der Waals surface area contributed by atoms with Gasteiger partial charge in [0.05, 0.1) is 5.56 Å². The zero-order valence-corrected chi connectivity index (χ0v) is 15.1. The maximum absolute atomic E-state index is 11.9. The maximum atomic E-state index is 11.9. The van der Waals surface area contributed by atoms with E-state index in [0.717, 1.165) is 0 Å². The minimum atomic E-state index is -0.987. The average Bonchev–Trinajstić information content (AvgIpc) is 2.41. The van der Waals surface area contributed by atoms with Crippen molar-refractivity contribution >= 4 is 24.0 Å². The van der Waals surface area contributed by atoms with Crippen LogP contribution in [0.4, 0.5) is 10.5 Å². The first-order chi connectivity index (χ1) is 11.6. The Morgan fingerprint density at radius 3 is 2.60 bits per heavy atom. The van der Waals surface area contributed by atoms with E-state index in [0.29, 0.717) is 36.4 Å². The summed E-state index contributed by atoms with van der Waals surface area (Å²) in [7, 11) is 0. The predicted octanol–water partition coefficient (Wildman–Crippen LogP) is 2.56. The molecule has 1 aromatic carbocycles. The molecule has 136 valence electrons. The monoisotopic (exact) mass is 347 g/mol. The third kappa shape index (κ3) is 4.71. The second-order valence-electron chi connectivity index (χ2n) is 7.29. The minimum absolute atomic E-state index is 0.218. The number of nitrogens with zero attached hydrogens (tertiary/aromatic N) is 2. The molecule has 1 saturated heterocycles. The van der Waals surface area contributed by atoms with Gasteiger partial charge in [-0.25, -0.2) is 9.59 Å². The number of hydrogen-bond donors (Lipinski definition) is 2. The molecule has 1 aliphatic heterocycles. The lowest BCUT2D eigenvalue weighted by Crippen LogP contribution is -2.52. The fraction of sp³-hybridized carbons (Fsp3) is 0.500. The van der Waals surface area contributed by atoms with E-state index >= 15 is 0 Å². The van der Waals surface area contributed by atoms with Crippen molar-refractivity contribution in [3.05, 3.63) is 28.8 Å². The Morgan fingerprint density at radius 1 is 1.40 bits per heavy atom. The summed E-state index contributed by atoms with van der Waals surface area (Å²) in [4.78, 5) is 29.1. The molecule has 0 aromatic heterocycles. The fourth-order valence-electron chi connectivity index (χ4n) is 2.61. The van der Waals surface area contributed by atoms with Crippen molar-refractivity contribution in [2.75, 3.05) is 25.4 Å². The van der Waals surface area contributed by atoms with E-state index in [1.807, 2.05) is 20.8 Å². The summed E-state index contributed by atoms with van der Waals surface area (Å²) in [6, 6.07) is 3.07. The topological polar surface area (TPSA) is 105 Å². The molecule has 2 rings (SSSR count). The number of amides is 1. The number of likely N-dealkylation sites (tertiary alicyclic amines) is 1. The van der Waals surface area contributed by atoms with Crippen LogP contribution in [0.2, 0.25) is 0 Å². The number of carbonyl (C=O) groups is 2. The Bertz CT molecular complexity index is 701. The van der Waals surface area contributed by atoms with Crippen LogP contribution in [0.3, 0.4) is 0 Å². The lowest BCUT2D eigenvalue weighted by Gasteiger charge is -2.39. The van der Waals surface area contributed by atoms with E-state index in [1.54, 1.807) is 24.1 Å². The quantitative estimate of drug-likeness (QED) is 0.643. The lowest BCUT2D eigenvalue weighted by molar-refractivity contribution is 0.000404. The summed E-state index contributed by atoms with van der Waals surface area (Å²) in [6.45, 7) is 9.00. The number of ether oxygens (including phenoxy) is 1. The van der Waals surface area contributed by atoms with Gasteiger partial charge in [0.1, 0.15) is 5.60 Å². The van der Waals surface area contributed by atoms with Crippen LogP contribution in [-0.2, 0) is 4.74 Å². The minimum Gasteiger partial charge on any atom is -0.478 e. The molecule has 1 heterocycles. The molecule has 0 spiro atoms. The third-order valence-corrected chi connectivity index (χ3v) is 3.97. The van der Waals surface area contributed by atoms with E-state index in [-0.39, 0.29) is 17.6 Å². The van der Waals surface area contributed by atoms with Crippen molar-refractivity contribution in [2.24, 2.45) is 10.9 Å². The van der Waals surface area contributed by atoms with Crippen LogP contribution in [0.25, 0.3) is 0 Å². The van der Waals surface area contributed by atoms with Gasteiger partial charge in [-0.15, -0.1) is 0 Å². The Balaban J connectivity index is 1.91. The van der Waals surface area contributed by atoms with Gasteiger partial charge >= 0.3 is 12.1 Å². The fourth-order valence-corrected chi connectivity index (χ4v) is 2.61. The van der Waals surface area contributed by atoms with Gasteiger partial charge in [-0.05, 0) is 45.4 Å². The summed E-state index contributed by atoms with van der Waals surface area (Å²) in [5.74, 6) is -0.716. The Morgan fingerprint density at radius 2 is 2.04 bits per heavy atom. The molecule has 3 N–H and O–H groups in total. The molecule has 0 bridgehead atoms. The Hall–Kier alpha value is -2.57. The van der Waals surface area contributed by atoms with Crippen LogP contribution in [0.5, 0.6) is 0 Å². The van der Waals surface area contributed by atoms with Gasteiger partial charge in [-0.3, -0.25) is 4.99 Å². The second-order valence-corrected chi connectivity index (χ2v) is 7.29. The number of hydrogen-bond acceptors (Lipinski definition) is 5. The molecule has 0 unspecified atom stereocenters. The largest absolute Gasteiger partial charge is 0.478 e. The first kappa shape index (κ1) is 18.8. The number of carbonyl (C=O) groups excluding carboxylic acids is 1. The number of aromatic carboxylic acids is 1. The summed E-state index contributed by atoms with van der Waals surface area (Å²) >= 11 is 0. The summed E-state index contributed by atoms with van der Waals surface area (Å²) < 4.78 is 5.31. The van der Waals surface area contributed by atoms with E-state index in [9.17, 15) is 9.59 Å². The molecule has 0 atom stereocenters. The Kier molecular flexibility index (Phi) is 5.35. The Labute approximate surface area is 147 Å². The molecule has 1 amide bonds. The van der Waals surface area contributed by atoms with Crippen LogP contribution >= 0.6 is 0 Å². The zero-order valence-electron chi connectivity index (χ0n) is 15.1. The summed E-state index contributed by atoms with van der Waals surface area (Å²) in [5.41, 5.74) is 7.36. The summed E-state index contributed by atoms with van der Waals surface area (Å²) in [6.07, 6.45) is 1.31. The van der Waals surface area contributed by atoms with Crippen molar-refractivity contribution in [2.45, 2.75) is 33.3 Å². The predicted molar refractivity (Wildman–Crippen MR) is 96.3 cm³/mol. The van der Waals surface area contributed by atoms with Gasteiger partial charge in [0.2, 0.25) is 0 Å². The van der Waals surface area contributed by atoms with Crippen LogP contribution < -0.4 is 5.73 Å². The van der Waals surface area contributed by atoms with Crippen LogP contribution in [0, 0.1) is 12.8 Å².